The number of aryl methyl sites for hydroxylation is 2. The van der Waals surface area contributed by atoms with Crippen molar-refractivity contribution in [1.82, 2.24) is 14.8 Å². The van der Waals surface area contributed by atoms with Crippen molar-refractivity contribution in [3.8, 4) is 0 Å². The molecule has 0 radical (unpaired) electrons. The fourth-order valence-electron chi connectivity index (χ4n) is 2.48. The van der Waals surface area contributed by atoms with Crippen LogP contribution in [0.4, 0.5) is 22.6 Å². The maximum atomic E-state index is 13.7. The zero-order valence-corrected chi connectivity index (χ0v) is 15.1. The summed E-state index contributed by atoms with van der Waals surface area (Å²) < 4.78 is 53.0. The van der Waals surface area contributed by atoms with Crippen LogP contribution < -0.4 is 5.32 Å². The Bertz CT molecular complexity index is 993. The summed E-state index contributed by atoms with van der Waals surface area (Å²) >= 11 is 1.18. The van der Waals surface area contributed by atoms with Gasteiger partial charge in [0.15, 0.2) is 0 Å². The van der Waals surface area contributed by atoms with Crippen molar-refractivity contribution in [3.63, 3.8) is 0 Å². The molecule has 5 nitrogen and oxygen atoms in total. The molecule has 0 saturated carbocycles. The molecule has 10 heteroatoms. The minimum Gasteiger partial charge on any atom is -0.311 e. The Hall–Kier alpha value is -2.75. The molecule has 1 aromatic carbocycles. The van der Waals surface area contributed by atoms with E-state index >= 15 is 0 Å². The summed E-state index contributed by atoms with van der Waals surface area (Å²) in [6, 6.07) is 4.36. The molecule has 0 aliphatic rings. The standard InChI is InChI=1S/C17H14F4N4OS/c1-9-16(24-15(26)13-5-6-22-25(13)2)27-14(23-9)8-10-3-4-11(12(18)7-10)17(19,20)21/h3-7H,8H2,1-2H3,(H,24,26). The number of nitrogens with zero attached hydrogens (tertiary/aromatic N) is 3. The lowest BCUT2D eigenvalue weighted by molar-refractivity contribution is -0.140. The van der Waals surface area contributed by atoms with Crippen LogP contribution >= 0.6 is 11.3 Å². The van der Waals surface area contributed by atoms with Crippen molar-refractivity contribution in [2.45, 2.75) is 19.5 Å². The third-order valence-corrected chi connectivity index (χ3v) is 4.89. The van der Waals surface area contributed by atoms with Crippen molar-refractivity contribution in [3.05, 3.63) is 63.8 Å². The zero-order valence-electron chi connectivity index (χ0n) is 14.3. The van der Waals surface area contributed by atoms with Gasteiger partial charge < -0.3 is 5.32 Å². The van der Waals surface area contributed by atoms with Crippen molar-refractivity contribution < 1.29 is 22.4 Å². The average molecular weight is 398 g/mol. The van der Waals surface area contributed by atoms with Crippen molar-refractivity contribution in [2.24, 2.45) is 7.05 Å². The van der Waals surface area contributed by atoms with Gasteiger partial charge >= 0.3 is 6.18 Å². The Balaban J connectivity index is 1.76. The molecule has 0 fully saturated rings. The van der Waals surface area contributed by atoms with Crippen molar-refractivity contribution in [2.75, 3.05) is 5.32 Å². The molecule has 142 valence electrons. The number of nitrogens with one attached hydrogen (secondary N) is 1. The molecule has 0 aliphatic heterocycles. The largest absolute Gasteiger partial charge is 0.419 e. The van der Waals surface area contributed by atoms with Crippen LogP contribution in [0.2, 0.25) is 0 Å². The number of amides is 1. The minimum absolute atomic E-state index is 0.155. The van der Waals surface area contributed by atoms with Crippen LogP contribution in [0.1, 0.15) is 32.3 Å². The lowest BCUT2D eigenvalue weighted by atomic mass is 10.1. The molecule has 27 heavy (non-hydrogen) atoms. The fourth-order valence-corrected chi connectivity index (χ4v) is 3.47. The first-order chi connectivity index (χ1) is 12.6. The number of aromatic nitrogens is 3. The number of benzene rings is 1. The van der Waals surface area contributed by atoms with E-state index in [0.717, 1.165) is 12.1 Å². The Morgan fingerprint density at radius 3 is 2.63 bits per heavy atom. The SMILES string of the molecule is Cc1nc(Cc2ccc(C(F)(F)F)c(F)c2)sc1NC(=O)c1ccnn1C. The van der Waals surface area contributed by atoms with Crippen LogP contribution in [0.15, 0.2) is 30.5 Å². The number of halogens is 4. The van der Waals surface area contributed by atoms with Crippen molar-refractivity contribution >= 4 is 22.2 Å². The van der Waals surface area contributed by atoms with E-state index in [1.807, 2.05) is 0 Å². The molecule has 3 aromatic rings. The van der Waals surface area contributed by atoms with E-state index in [-0.39, 0.29) is 12.3 Å². The summed E-state index contributed by atoms with van der Waals surface area (Å²) in [6.07, 6.45) is -3.08. The molecule has 0 unspecified atom stereocenters. The summed E-state index contributed by atoms with van der Waals surface area (Å²) in [5.74, 6) is -1.67. The van der Waals surface area contributed by atoms with E-state index in [9.17, 15) is 22.4 Å². The van der Waals surface area contributed by atoms with Gasteiger partial charge in [-0.2, -0.15) is 18.3 Å². The van der Waals surface area contributed by atoms with Crippen LogP contribution in [0.25, 0.3) is 0 Å². The van der Waals surface area contributed by atoms with Gasteiger partial charge in [-0.15, -0.1) is 11.3 Å². The lowest BCUT2D eigenvalue weighted by Gasteiger charge is -2.08. The predicted octanol–water partition coefficient (Wildman–Crippen LogP) is 4.19. The lowest BCUT2D eigenvalue weighted by Crippen LogP contribution is -2.15. The molecule has 0 saturated heterocycles. The summed E-state index contributed by atoms with van der Waals surface area (Å²) in [4.78, 5) is 16.5. The molecule has 0 spiro atoms. The van der Waals surface area contributed by atoms with Crippen LogP contribution in [0.3, 0.4) is 0 Å². The van der Waals surface area contributed by atoms with E-state index in [1.165, 1.54) is 28.3 Å². The second-order valence-corrected chi connectivity index (χ2v) is 6.89. The van der Waals surface area contributed by atoms with Crippen LogP contribution in [0.5, 0.6) is 0 Å². The molecule has 0 bridgehead atoms. The molecule has 2 heterocycles. The maximum absolute atomic E-state index is 13.7. The van der Waals surface area contributed by atoms with Gasteiger partial charge in [0, 0.05) is 19.7 Å². The first kappa shape index (κ1) is 19.0. The van der Waals surface area contributed by atoms with E-state index in [0.29, 0.717) is 27.0 Å². The number of alkyl halides is 3. The van der Waals surface area contributed by atoms with Crippen molar-refractivity contribution in [1.29, 1.82) is 0 Å². The van der Waals surface area contributed by atoms with Gasteiger partial charge in [0.25, 0.3) is 5.91 Å². The molecule has 0 aliphatic carbocycles. The van der Waals surface area contributed by atoms with Gasteiger partial charge in [0.2, 0.25) is 0 Å². The summed E-state index contributed by atoms with van der Waals surface area (Å²) in [7, 11) is 1.64. The normalized spacial score (nSPS) is 11.6. The molecular formula is C17H14F4N4OS. The number of carbonyl (C=O) groups excluding carboxylic acids is 1. The van der Waals surface area contributed by atoms with Gasteiger partial charge in [-0.1, -0.05) is 6.07 Å². The highest BCUT2D eigenvalue weighted by atomic mass is 32.1. The molecular weight excluding hydrogens is 384 g/mol. The van der Waals surface area contributed by atoms with Crippen LogP contribution in [-0.4, -0.2) is 20.7 Å². The first-order valence-corrected chi connectivity index (χ1v) is 8.58. The highest BCUT2D eigenvalue weighted by Crippen LogP contribution is 2.32. The monoisotopic (exact) mass is 398 g/mol. The smallest absolute Gasteiger partial charge is 0.311 e. The Labute approximate surface area is 155 Å². The molecule has 0 atom stereocenters. The number of thiazole rings is 1. The predicted molar refractivity (Wildman–Crippen MR) is 92.2 cm³/mol. The van der Waals surface area contributed by atoms with Crippen LogP contribution in [-0.2, 0) is 19.6 Å². The maximum Gasteiger partial charge on any atom is 0.419 e. The fraction of sp³-hybridized carbons (Fsp3) is 0.235. The Morgan fingerprint density at radius 2 is 2.04 bits per heavy atom. The number of hydrogen-bond acceptors (Lipinski definition) is 4. The van der Waals surface area contributed by atoms with Crippen LogP contribution in [0, 0.1) is 12.7 Å². The molecule has 1 N–H and O–H groups in total. The number of carbonyl (C=O) groups is 1. The van der Waals surface area contributed by atoms with E-state index in [1.54, 1.807) is 20.0 Å². The third kappa shape index (κ3) is 4.16. The highest BCUT2D eigenvalue weighted by molar-refractivity contribution is 7.16. The van der Waals surface area contributed by atoms with Gasteiger partial charge in [0.05, 0.1) is 16.3 Å². The topological polar surface area (TPSA) is 59.8 Å². The van der Waals surface area contributed by atoms with Gasteiger partial charge in [-0.3, -0.25) is 9.48 Å². The number of anilines is 1. The molecule has 2 aromatic heterocycles. The van der Waals surface area contributed by atoms with Gasteiger partial charge in [0.1, 0.15) is 16.5 Å². The quantitative estimate of drug-likeness (QED) is 0.671. The Morgan fingerprint density at radius 1 is 1.30 bits per heavy atom. The molecule has 3 rings (SSSR count). The van der Waals surface area contributed by atoms with E-state index in [4.69, 9.17) is 0 Å². The minimum atomic E-state index is -4.73. The summed E-state index contributed by atoms with van der Waals surface area (Å²) in [6.45, 7) is 1.70. The molecule has 1 amide bonds. The average Bonchev–Trinajstić information content (AvgIpc) is 3.12. The zero-order chi connectivity index (χ0) is 19.8. The number of rotatable bonds is 4. The number of hydrogen-bond donors (Lipinski definition) is 1. The van der Waals surface area contributed by atoms with Gasteiger partial charge in [-0.05, 0) is 30.7 Å². The van der Waals surface area contributed by atoms with E-state index < -0.39 is 17.6 Å². The third-order valence-electron chi connectivity index (χ3n) is 3.82. The summed E-state index contributed by atoms with van der Waals surface area (Å²) in [5, 5.41) is 7.72. The summed E-state index contributed by atoms with van der Waals surface area (Å²) in [5.41, 5.74) is -0.00322. The first-order valence-electron chi connectivity index (χ1n) is 7.76. The second kappa shape index (κ2) is 7.10. The highest BCUT2D eigenvalue weighted by Gasteiger charge is 2.33. The Kier molecular flexibility index (Phi) is 5.01. The van der Waals surface area contributed by atoms with E-state index in [2.05, 4.69) is 15.4 Å². The van der Waals surface area contributed by atoms with Gasteiger partial charge in [-0.25, -0.2) is 9.37 Å². The second-order valence-electron chi connectivity index (χ2n) is 5.81.